The fourth-order valence-corrected chi connectivity index (χ4v) is 1.45. The molecule has 1 saturated carbocycles. The van der Waals surface area contributed by atoms with Gasteiger partial charge in [0.2, 0.25) is 0 Å². The lowest BCUT2D eigenvalue weighted by Gasteiger charge is -1.97. The van der Waals surface area contributed by atoms with E-state index in [1.807, 2.05) is 10.9 Å². The Kier molecular flexibility index (Phi) is 1.34. The van der Waals surface area contributed by atoms with Crippen LogP contribution in [0.1, 0.15) is 25.5 Å². The van der Waals surface area contributed by atoms with Crippen molar-refractivity contribution in [1.82, 2.24) is 15.0 Å². The van der Waals surface area contributed by atoms with Gasteiger partial charge in [0.15, 0.2) is 0 Å². The SMILES string of the molecule is CC1(c2cn(CC3CC3)nn2)CO1. The summed E-state index contributed by atoms with van der Waals surface area (Å²) in [6.45, 7) is 3.87. The van der Waals surface area contributed by atoms with Gasteiger partial charge < -0.3 is 4.74 Å². The summed E-state index contributed by atoms with van der Waals surface area (Å²) >= 11 is 0. The maximum absolute atomic E-state index is 5.30. The predicted octanol–water partition coefficient (Wildman–Crippen LogP) is 0.933. The van der Waals surface area contributed by atoms with E-state index in [2.05, 4.69) is 17.2 Å². The topological polar surface area (TPSA) is 43.2 Å². The molecule has 4 heteroatoms. The summed E-state index contributed by atoms with van der Waals surface area (Å²) in [5.41, 5.74) is 0.857. The summed E-state index contributed by atoms with van der Waals surface area (Å²) in [7, 11) is 0. The average Bonchev–Trinajstić information content (AvgIpc) is 2.97. The van der Waals surface area contributed by atoms with E-state index in [-0.39, 0.29) is 5.60 Å². The van der Waals surface area contributed by atoms with Gasteiger partial charge in [-0.15, -0.1) is 5.10 Å². The summed E-state index contributed by atoms with van der Waals surface area (Å²) in [5, 5.41) is 8.21. The van der Waals surface area contributed by atoms with Gasteiger partial charge in [-0.3, -0.25) is 4.68 Å². The van der Waals surface area contributed by atoms with E-state index in [0.717, 1.165) is 24.8 Å². The quantitative estimate of drug-likeness (QED) is 0.648. The second-order valence-corrected chi connectivity index (χ2v) is 4.29. The number of rotatable bonds is 3. The molecule has 1 aliphatic carbocycles. The van der Waals surface area contributed by atoms with Crippen LogP contribution in [0.4, 0.5) is 0 Å². The highest BCUT2D eigenvalue weighted by atomic mass is 16.6. The highest BCUT2D eigenvalue weighted by Gasteiger charge is 2.44. The zero-order chi connectivity index (χ0) is 8.89. The zero-order valence-corrected chi connectivity index (χ0v) is 7.73. The lowest BCUT2D eigenvalue weighted by Crippen LogP contribution is -2.02. The van der Waals surface area contributed by atoms with Gasteiger partial charge in [-0.1, -0.05) is 5.21 Å². The third-order valence-corrected chi connectivity index (χ3v) is 2.80. The Morgan fingerprint density at radius 2 is 2.46 bits per heavy atom. The van der Waals surface area contributed by atoms with Crippen LogP contribution in [0.3, 0.4) is 0 Å². The largest absolute Gasteiger partial charge is 0.363 e. The van der Waals surface area contributed by atoms with Crippen LogP contribution in [0.25, 0.3) is 0 Å². The van der Waals surface area contributed by atoms with Crippen molar-refractivity contribution in [1.29, 1.82) is 0 Å². The van der Waals surface area contributed by atoms with Crippen LogP contribution in [0.15, 0.2) is 6.20 Å². The molecule has 0 aromatic carbocycles. The molecule has 1 atom stereocenters. The molecule has 1 saturated heterocycles. The molecule has 13 heavy (non-hydrogen) atoms. The molecule has 2 fully saturated rings. The molecule has 3 rings (SSSR count). The molecule has 2 heterocycles. The molecule has 4 nitrogen and oxygen atoms in total. The summed E-state index contributed by atoms with van der Waals surface area (Å²) < 4.78 is 7.24. The smallest absolute Gasteiger partial charge is 0.134 e. The van der Waals surface area contributed by atoms with Crippen molar-refractivity contribution in [3.05, 3.63) is 11.9 Å². The van der Waals surface area contributed by atoms with Crippen LogP contribution in [0.2, 0.25) is 0 Å². The standard InChI is InChI=1S/C9H13N3O/c1-9(6-13-9)8-5-12(11-10-8)4-7-2-3-7/h5,7H,2-4,6H2,1H3. The van der Waals surface area contributed by atoms with Gasteiger partial charge in [0.05, 0.1) is 12.8 Å². The first-order valence-electron chi connectivity index (χ1n) is 4.81. The fourth-order valence-electron chi connectivity index (χ4n) is 1.45. The van der Waals surface area contributed by atoms with Gasteiger partial charge >= 0.3 is 0 Å². The van der Waals surface area contributed by atoms with Gasteiger partial charge in [-0.25, -0.2) is 0 Å². The van der Waals surface area contributed by atoms with Crippen molar-refractivity contribution in [2.45, 2.75) is 31.9 Å². The molecular formula is C9H13N3O. The molecular weight excluding hydrogens is 166 g/mol. The van der Waals surface area contributed by atoms with Crippen LogP contribution >= 0.6 is 0 Å². The van der Waals surface area contributed by atoms with E-state index in [4.69, 9.17) is 4.74 Å². The molecule has 70 valence electrons. The van der Waals surface area contributed by atoms with Crippen LogP contribution in [-0.4, -0.2) is 21.6 Å². The molecule has 0 bridgehead atoms. The van der Waals surface area contributed by atoms with Crippen LogP contribution in [-0.2, 0) is 16.9 Å². The van der Waals surface area contributed by atoms with E-state index < -0.39 is 0 Å². The lowest BCUT2D eigenvalue weighted by atomic mass is 10.1. The second-order valence-electron chi connectivity index (χ2n) is 4.29. The monoisotopic (exact) mass is 179 g/mol. The second kappa shape index (κ2) is 2.32. The Morgan fingerprint density at radius 1 is 1.69 bits per heavy atom. The third-order valence-electron chi connectivity index (χ3n) is 2.80. The maximum atomic E-state index is 5.30. The Hall–Kier alpha value is -0.900. The van der Waals surface area contributed by atoms with Gasteiger partial charge in [0.1, 0.15) is 11.3 Å². The molecule has 0 N–H and O–H groups in total. The van der Waals surface area contributed by atoms with E-state index in [9.17, 15) is 0 Å². The number of nitrogens with zero attached hydrogens (tertiary/aromatic N) is 3. The molecule has 1 unspecified atom stereocenters. The molecule has 2 aliphatic rings. The first-order valence-corrected chi connectivity index (χ1v) is 4.81. The number of hydrogen-bond acceptors (Lipinski definition) is 3. The first kappa shape index (κ1) is 7.50. The third kappa shape index (κ3) is 1.35. The molecule has 1 aromatic rings. The van der Waals surface area contributed by atoms with Gasteiger partial charge in [-0.2, -0.15) is 0 Å². The Bertz CT molecular complexity index is 325. The van der Waals surface area contributed by atoms with E-state index in [1.165, 1.54) is 12.8 Å². The number of ether oxygens (including phenoxy) is 1. The van der Waals surface area contributed by atoms with E-state index in [1.54, 1.807) is 0 Å². The minimum Gasteiger partial charge on any atom is -0.363 e. The minimum absolute atomic E-state index is 0.123. The Balaban J connectivity index is 1.76. The average molecular weight is 179 g/mol. The normalized spacial score (nSPS) is 32.1. The maximum Gasteiger partial charge on any atom is 0.134 e. The van der Waals surface area contributed by atoms with Gasteiger partial charge in [0, 0.05) is 6.54 Å². The fraction of sp³-hybridized carbons (Fsp3) is 0.778. The number of hydrogen-bond donors (Lipinski definition) is 0. The molecule has 0 radical (unpaired) electrons. The first-order chi connectivity index (χ1) is 6.26. The highest BCUT2D eigenvalue weighted by Crippen LogP contribution is 2.36. The summed E-state index contributed by atoms with van der Waals surface area (Å²) in [5.74, 6) is 0.850. The molecule has 0 amide bonds. The predicted molar refractivity (Wildman–Crippen MR) is 46.1 cm³/mol. The summed E-state index contributed by atoms with van der Waals surface area (Å²) in [6, 6.07) is 0. The Morgan fingerprint density at radius 3 is 3.08 bits per heavy atom. The van der Waals surface area contributed by atoms with Gasteiger partial charge in [-0.05, 0) is 25.7 Å². The van der Waals surface area contributed by atoms with Crippen molar-refractivity contribution in [3.8, 4) is 0 Å². The van der Waals surface area contributed by atoms with Crippen LogP contribution in [0, 0.1) is 5.92 Å². The molecule has 0 spiro atoms. The summed E-state index contributed by atoms with van der Waals surface area (Å²) in [4.78, 5) is 0. The summed E-state index contributed by atoms with van der Waals surface area (Å²) in [6.07, 6.45) is 4.72. The number of aromatic nitrogens is 3. The highest BCUT2D eigenvalue weighted by molar-refractivity contribution is 5.12. The van der Waals surface area contributed by atoms with Crippen molar-refractivity contribution >= 4 is 0 Å². The van der Waals surface area contributed by atoms with Crippen molar-refractivity contribution in [3.63, 3.8) is 0 Å². The minimum atomic E-state index is -0.123. The lowest BCUT2D eigenvalue weighted by molar-refractivity contribution is 0.323. The van der Waals surface area contributed by atoms with Gasteiger partial charge in [0.25, 0.3) is 0 Å². The van der Waals surface area contributed by atoms with Crippen LogP contribution in [0.5, 0.6) is 0 Å². The van der Waals surface area contributed by atoms with Crippen molar-refractivity contribution < 1.29 is 4.74 Å². The number of epoxide rings is 1. The molecule has 1 aliphatic heterocycles. The van der Waals surface area contributed by atoms with Crippen LogP contribution < -0.4 is 0 Å². The van der Waals surface area contributed by atoms with Crippen molar-refractivity contribution in [2.24, 2.45) is 5.92 Å². The Labute approximate surface area is 76.9 Å². The van der Waals surface area contributed by atoms with E-state index >= 15 is 0 Å². The molecule has 1 aromatic heterocycles. The van der Waals surface area contributed by atoms with E-state index in [0.29, 0.717) is 0 Å². The zero-order valence-electron chi connectivity index (χ0n) is 7.73. The van der Waals surface area contributed by atoms with Crippen molar-refractivity contribution in [2.75, 3.05) is 6.61 Å².